The molecule has 2 aromatic heterocycles. The number of amides is 1. The number of nitrogens with one attached hydrogen (secondary N) is 2. The van der Waals surface area contributed by atoms with Crippen molar-refractivity contribution in [1.82, 2.24) is 20.5 Å². The normalized spacial score (nSPS) is 16.0. The van der Waals surface area contributed by atoms with Gasteiger partial charge >= 0.3 is 0 Å². The number of aromatic nitrogens is 3. The molecule has 2 N–H and O–H groups in total. The smallest absolute Gasteiger partial charge is 0.269 e. The number of H-pyrrole nitrogens is 1. The number of hydrogen-bond donors (Lipinski definition) is 2. The van der Waals surface area contributed by atoms with Crippen LogP contribution in [0.2, 0.25) is 0 Å². The fraction of sp³-hybridized carbons (Fsp3) is 0.400. The first-order valence-electron chi connectivity index (χ1n) is 7.09. The number of hydrogen-bond acceptors (Lipinski definition) is 3. The minimum absolute atomic E-state index is 0.0699. The summed E-state index contributed by atoms with van der Waals surface area (Å²) in [5.74, 6) is -0.0699. The lowest BCUT2D eigenvalue weighted by atomic mass is 9.95. The van der Waals surface area contributed by atoms with Crippen LogP contribution in [0.3, 0.4) is 0 Å². The minimum Gasteiger partial charge on any atom is -0.348 e. The molecule has 0 saturated heterocycles. The number of aromatic amines is 1. The number of carbonyl (C=O) groups excluding carboxylic acids is 1. The number of pyridine rings is 1. The van der Waals surface area contributed by atoms with Crippen molar-refractivity contribution in [1.29, 1.82) is 0 Å². The molecule has 20 heavy (non-hydrogen) atoms. The van der Waals surface area contributed by atoms with Gasteiger partial charge in [-0.2, -0.15) is 5.10 Å². The fourth-order valence-corrected chi connectivity index (χ4v) is 2.61. The van der Waals surface area contributed by atoms with Crippen molar-refractivity contribution < 1.29 is 4.79 Å². The summed E-state index contributed by atoms with van der Waals surface area (Å²) < 4.78 is 0. The van der Waals surface area contributed by atoms with Crippen molar-refractivity contribution in [2.45, 2.75) is 38.1 Å². The third-order valence-electron chi connectivity index (χ3n) is 3.72. The number of rotatable bonds is 3. The van der Waals surface area contributed by atoms with Gasteiger partial charge in [-0.25, -0.2) is 0 Å². The lowest BCUT2D eigenvalue weighted by Crippen LogP contribution is -2.36. The van der Waals surface area contributed by atoms with Crippen LogP contribution in [-0.2, 0) is 0 Å². The molecule has 1 amide bonds. The van der Waals surface area contributed by atoms with Crippen LogP contribution in [-0.4, -0.2) is 27.1 Å². The molecule has 0 radical (unpaired) electrons. The van der Waals surface area contributed by atoms with Gasteiger partial charge in [-0.3, -0.25) is 14.9 Å². The molecule has 104 valence electrons. The average molecular weight is 270 g/mol. The molecule has 3 rings (SSSR count). The average Bonchev–Trinajstić information content (AvgIpc) is 2.99. The molecule has 0 unspecified atom stereocenters. The van der Waals surface area contributed by atoms with Crippen LogP contribution in [0, 0.1) is 0 Å². The second-order valence-electron chi connectivity index (χ2n) is 5.22. The molecule has 0 atom stereocenters. The highest BCUT2D eigenvalue weighted by molar-refractivity contribution is 5.93. The molecule has 0 aliphatic heterocycles. The zero-order valence-corrected chi connectivity index (χ0v) is 11.3. The van der Waals surface area contributed by atoms with Gasteiger partial charge in [0, 0.05) is 24.0 Å². The molecule has 1 saturated carbocycles. The minimum atomic E-state index is -0.0699. The zero-order valence-electron chi connectivity index (χ0n) is 11.3. The maximum atomic E-state index is 12.2. The lowest BCUT2D eigenvalue weighted by Gasteiger charge is -2.22. The van der Waals surface area contributed by atoms with Gasteiger partial charge in [0.15, 0.2) is 0 Å². The topological polar surface area (TPSA) is 70.7 Å². The Morgan fingerprint density at radius 3 is 2.90 bits per heavy atom. The molecule has 5 heteroatoms. The Hall–Kier alpha value is -2.17. The molecular formula is C15H18N4O. The van der Waals surface area contributed by atoms with Gasteiger partial charge in [-0.15, -0.1) is 0 Å². The van der Waals surface area contributed by atoms with Gasteiger partial charge in [0.05, 0.1) is 5.69 Å². The summed E-state index contributed by atoms with van der Waals surface area (Å²) in [7, 11) is 0. The second-order valence-corrected chi connectivity index (χ2v) is 5.22. The van der Waals surface area contributed by atoms with Crippen LogP contribution in [0.4, 0.5) is 0 Å². The van der Waals surface area contributed by atoms with E-state index in [0.717, 1.165) is 24.1 Å². The quantitative estimate of drug-likeness (QED) is 0.900. The number of carbonyl (C=O) groups is 1. The summed E-state index contributed by atoms with van der Waals surface area (Å²) in [6, 6.07) is 5.86. The zero-order chi connectivity index (χ0) is 13.8. The Kier molecular flexibility index (Phi) is 3.76. The molecule has 0 bridgehead atoms. The molecule has 1 fully saturated rings. The van der Waals surface area contributed by atoms with Gasteiger partial charge in [0.1, 0.15) is 5.69 Å². The predicted molar refractivity (Wildman–Crippen MR) is 76.2 cm³/mol. The first-order valence-corrected chi connectivity index (χ1v) is 7.09. The summed E-state index contributed by atoms with van der Waals surface area (Å²) in [6.07, 6.45) is 9.29. The van der Waals surface area contributed by atoms with Crippen LogP contribution in [0.25, 0.3) is 11.3 Å². The first-order chi connectivity index (χ1) is 9.83. The largest absolute Gasteiger partial charge is 0.348 e. The monoisotopic (exact) mass is 270 g/mol. The molecular weight excluding hydrogens is 252 g/mol. The summed E-state index contributed by atoms with van der Waals surface area (Å²) in [5, 5.41) is 10.1. The van der Waals surface area contributed by atoms with Crippen LogP contribution >= 0.6 is 0 Å². The van der Waals surface area contributed by atoms with E-state index < -0.39 is 0 Å². The third kappa shape index (κ3) is 2.87. The van der Waals surface area contributed by atoms with Gasteiger partial charge in [0.25, 0.3) is 5.91 Å². The van der Waals surface area contributed by atoms with Gasteiger partial charge in [-0.05, 0) is 31.0 Å². The third-order valence-corrected chi connectivity index (χ3v) is 3.72. The van der Waals surface area contributed by atoms with E-state index in [2.05, 4.69) is 20.5 Å². The Morgan fingerprint density at radius 2 is 2.15 bits per heavy atom. The van der Waals surface area contributed by atoms with Crippen molar-refractivity contribution >= 4 is 5.91 Å². The van der Waals surface area contributed by atoms with Crippen molar-refractivity contribution in [2.24, 2.45) is 0 Å². The van der Waals surface area contributed by atoms with E-state index in [1.54, 1.807) is 18.5 Å². The summed E-state index contributed by atoms with van der Waals surface area (Å²) in [5.41, 5.74) is 2.15. The lowest BCUT2D eigenvalue weighted by molar-refractivity contribution is 0.0922. The molecule has 1 aliphatic rings. The standard InChI is InChI=1S/C15H18N4O/c20-15(17-12-6-2-1-3-7-12)14-9-13(18-19-14)11-5-4-8-16-10-11/h4-5,8-10,12H,1-3,6-7H2,(H,17,20)(H,18,19). The number of nitrogens with zero attached hydrogens (tertiary/aromatic N) is 2. The van der Waals surface area contributed by atoms with Crippen LogP contribution in [0.5, 0.6) is 0 Å². The van der Waals surface area contributed by atoms with Gasteiger partial charge < -0.3 is 5.32 Å². The van der Waals surface area contributed by atoms with Gasteiger partial charge in [0.2, 0.25) is 0 Å². The summed E-state index contributed by atoms with van der Waals surface area (Å²) >= 11 is 0. The molecule has 2 aromatic rings. The highest BCUT2D eigenvalue weighted by atomic mass is 16.2. The fourth-order valence-electron chi connectivity index (χ4n) is 2.61. The van der Waals surface area contributed by atoms with Crippen LogP contribution in [0.1, 0.15) is 42.6 Å². The maximum Gasteiger partial charge on any atom is 0.269 e. The maximum absolute atomic E-state index is 12.2. The molecule has 0 aromatic carbocycles. The van der Waals surface area contributed by atoms with Crippen molar-refractivity contribution in [3.8, 4) is 11.3 Å². The van der Waals surface area contributed by atoms with E-state index in [9.17, 15) is 4.79 Å². The van der Waals surface area contributed by atoms with Crippen molar-refractivity contribution in [2.75, 3.05) is 0 Å². The summed E-state index contributed by atoms with van der Waals surface area (Å²) in [4.78, 5) is 16.2. The van der Waals surface area contributed by atoms with Crippen molar-refractivity contribution in [3.05, 3.63) is 36.3 Å². The first kappa shape index (κ1) is 12.8. The van der Waals surface area contributed by atoms with E-state index in [0.29, 0.717) is 11.7 Å². The Labute approximate surface area is 117 Å². The molecule has 1 aliphatic carbocycles. The second kappa shape index (κ2) is 5.86. The van der Waals surface area contributed by atoms with E-state index in [4.69, 9.17) is 0 Å². The van der Waals surface area contributed by atoms with E-state index in [1.807, 2.05) is 12.1 Å². The molecule has 5 nitrogen and oxygen atoms in total. The Bertz CT molecular complexity index is 573. The highest BCUT2D eigenvalue weighted by Gasteiger charge is 2.18. The Balaban J connectivity index is 1.68. The van der Waals surface area contributed by atoms with Crippen LogP contribution < -0.4 is 5.32 Å². The Morgan fingerprint density at radius 1 is 1.30 bits per heavy atom. The molecule has 2 heterocycles. The SMILES string of the molecule is O=C(NC1CCCCC1)c1cc(-c2cccnc2)n[nH]1. The van der Waals surface area contributed by atoms with E-state index in [-0.39, 0.29) is 5.91 Å². The van der Waals surface area contributed by atoms with Gasteiger partial charge in [-0.1, -0.05) is 19.3 Å². The van der Waals surface area contributed by atoms with Crippen molar-refractivity contribution in [3.63, 3.8) is 0 Å². The van der Waals surface area contributed by atoms with E-state index in [1.165, 1.54) is 19.3 Å². The highest BCUT2D eigenvalue weighted by Crippen LogP contribution is 2.19. The van der Waals surface area contributed by atoms with E-state index >= 15 is 0 Å². The molecule has 0 spiro atoms. The predicted octanol–water partition coefficient (Wildman–Crippen LogP) is 2.53. The van der Waals surface area contributed by atoms with Crippen LogP contribution in [0.15, 0.2) is 30.6 Å². The summed E-state index contributed by atoms with van der Waals surface area (Å²) in [6.45, 7) is 0.